The number of amides is 2. The van der Waals surface area contributed by atoms with E-state index in [1.165, 1.54) is 0 Å². The van der Waals surface area contributed by atoms with Crippen molar-refractivity contribution < 1.29 is 13.2 Å². The third kappa shape index (κ3) is 4.23. The summed E-state index contributed by atoms with van der Waals surface area (Å²) < 4.78 is 23.1. The number of sulfone groups is 1. The van der Waals surface area contributed by atoms with Crippen molar-refractivity contribution in [3.05, 3.63) is 35.9 Å². The molecule has 3 rings (SSSR count). The number of nitrogens with zero attached hydrogens (tertiary/aromatic N) is 2. The summed E-state index contributed by atoms with van der Waals surface area (Å²) in [7, 11) is -2.85. The summed E-state index contributed by atoms with van der Waals surface area (Å²) in [5, 5.41) is 2.94. The summed E-state index contributed by atoms with van der Waals surface area (Å²) in [6.07, 6.45) is 0.725. The Labute approximate surface area is 137 Å². The van der Waals surface area contributed by atoms with Crippen molar-refractivity contribution >= 4 is 15.9 Å². The van der Waals surface area contributed by atoms with Crippen LogP contribution < -0.4 is 5.32 Å². The van der Waals surface area contributed by atoms with Gasteiger partial charge in [-0.15, -0.1) is 0 Å². The molecule has 6 nitrogen and oxygen atoms in total. The van der Waals surface area contributed by atoms with E-state index in [2.05, 4.69) is 10.2 Å². The van der Waals surface area contributed by atoms with E-state index in [-0.39, 0.29) is 17.8 Å². The second kappa shape index (κ2) is 6.88. The largest absolute Gasteiger partial charge is 0.334 e. The Balaban J connectivity index is 1.44. The normalized spacial score (nSPS) is 24.5. The summed E-state index contributed by atoms with van der Waals surface area (Å²) in [5.74, 6) is 0.572. The van der Waals surface area contributed by atoms with Crippen LogP contribution in [-0.2, 0) is 16.4 Å². The van der Waals surface area contributed by atoms with Crippen LogP contribution in [0.3, 0.4) is 0 Å². The minimum atomic E-state index is -2.85. The van der Waals surface area contributed by atoms with Crippen LogP contribution in [0.5, 0.6) is 0 Å². The van der Waals surface area contributed by atoms with E-state index in [4.69, 9.17) is 0 Å². The van der Waals surface area contributed by atoms with Crippen molar-refractivity contribution in [2.45, 2.75) is 19.0 Å². The number of carbonyl (C=O) groups is 1. The fourth-order valence-electron chi connectivity index (χ4n) is 3.24. The van der Waals surface area contributed by atoms with E-state index in [0.29, 0.717) is 25.4 Å². The molecule has 7 heteroatoms. The summed E-state index contributed by atoms with van der Waals surface area (Å²) in [4.78, 5) is 16.2. The molecule has 2 amide bonds. The first kappa shape index (κ1) is 16.3. The molecule has 126 valence electrons. The van der Waals surface area contributed by atoms with E-state index >= 15 is 0 Å². The van der Waals surface area contributed by atoms with Gasteiger partial charge in [-0.25, -0.2) is 13.2 Å². The number of rotatable bonds is 3. The molecule has 1 aromatic carbocycles. The highest BCUT2D eigenvalue weighted by molar-refractivity contribution is 7.91. The molecule has 1 aromatic rings. The zero-order chi connectivity index (χ0) is 16.3. The van der Waals surface area contributed by atoms with Gasteiger partial charge < -0.3 is 10.2 Å². The van der Waals surface area contributed by atoms with Crippen LogP contribution in [0, 0.1) is 0 Å². The van der Waals surface area contributed by atoms with Crippen LogP contribution in [0.4, 0.5) is 4.79 Å². The molecular formula is C16H23N3O3S. The fourth-order valence-corrected chi connectivity index (χ4v) is 5.00. The third-order valence-electron chi connectivity index (χ3n) is 4.61. The van der Waals surface area contributed by atoms with Gasteiger partial charge in [0.15, 0.2) is 9.84 Å². The molecule has 1 N–H and O–H groups in total. The van der Waals surface area contributed by atoms with Crippen molar-refractivity contribution in [1.29, 1.82) is 0 Å². The van der Waals surface area contributed by atoms with Crippen LogP contribution in [0.15, 0.2) is 30.3 Å². The first-order chi connectivity index (χ1) is 11.0. The molecule has 0 aliphatic carbocycles. The van der Waals surface area contributed by atoms with Crippen molar-refractivity contribution in [3.8, 4) is 0 Å². The van der Waals surface area contributed by atoms with Gasteiger partial charge in [0.05, 0.1) is 11.5 Å². The molecule has 0 saturated carbocycles. The van der Waals surface area contributed by atoms with E-state index in [1.807, 2.05) is 35.2 Å². The van der Waals surface area contributed by atoms with Crippen molar-refractivity contribution in [2.75, 3.05) is 37.7 Å². The van der Waals surface area contributed by atoms with E-state index in [9.17, 15) is 13.2 Å². The number of carbonyl (C=O) groups excluding carboxylic acids is 1. The highest BCUT2D eigenvalue weighted by Crippen LogP contribution is 2.19. The van der Waals surface area contributed by atoms with Gasteiger partial charge in [-0.2, -0.15) is 0 Å². The molecule has 2 heterocycles. The zero-order valence-corrected chi connectivity index (χ0v) is 14.0. The Morgan fingerprint density at radius 1 is 1.13 bits per heavy atom. The van der Waals surface area contributed by atoms with Crippen molar-refractivity contribution in [2.24, 2.45) is 0 Å². The minimum absolute atomic E-state index is 0.0486. The highest BCUT2D eigenvalue weighted by Gasteiger charge is 2.34. The summed E-state index contributed by atoms with van der Waals surface area (Å²) in [6, 6.07) is 9.92. The van der Waals surface area contributed by atoms with E-state index in [1.54, 1.807) is 0 Å². The molecule has 2 saturated heterocycles. The molecule has 2 aliphatic heterocycles. The number of hydrogen-bond donors (Lipinski definition) is 1. The molecular weight excluding hydrogens is 314 g/mol. The average molecular weight is 337 g/mol. The van der Waals surface area contributed by atoms with Gasteiger partial charge in [0.2, 0.25) is 0 Å². The number of hydrogen-bond acceptors (Lipinski definition) is 4. The third-order valence-corrected chi connectivity index (χ3v) is 6.36. The first-order valence-electron chi connectivity index (χ1n) is 8.05. The smallest absolute Gasteiger partial charge is 0.317 e. The molecule has 2 aliphatic rings. The van der Waals surface area contributed by atoms with E-state index in [0.717, 1.165) is 25.1 Å². The molecule has 2 fully saturated rings. The minimum Gasteiger partial charge on any atom is -0.334 e. The standard InChI is InChI=1S/C16H23N3O3S/c20-16(17-12-14-4-2-1-3-5-14)19-9-7-18(8-10-19)15-6-11-23(21,22)13-15/h1-5,15H,6-13H2,(H,17,20). The average Bonchev–Trinajstić information content (AvgIpc) is 2.94. The van der Waals surface area contributed by atoms with Gasteiger partial charge in [0.25, 0.3) is 0 Å². The lowest BCUT2D eigenvalue weighted by atomic mass is 10.2. The van der Waals surface area contributed by atoms with Crippen LogP contribution >= 0.6 is 0 Å². The van der Waals surface area contributed by atoms with Gasteiger partial charge in [0, 0.05) is 38.8 Å². The first-order valence-corrected chi connectivity index (χ1v) is 9.87. The maximum absolute atomic E-state index is 12.2. The van der Waals surface area contributed by atoms with E-state index < -0.39 is 9.84 Å². The van der Waals surface area contributed by atoms with Gasteiger partial charge in [-0.05, 0) is 12.0 Å². The maximum atomic E-state index is 12.2. The number of piperazine rings is 1. The second-order valence-electron chi connectivity index (χ2n) is 6.22. The van der Waals surface area contributed by atoms with Crippen molar-refractivity contribution in [1.82, 2.24) is 15.1 Å². The Bertz CT molecular complexity index is 640. The Morgan fingerprint density at radius 3 is 2.43 bits per heavy atom. The van der Waals surface area contributed by atoms with Gasteiger partial charge in [0.1, 0.15) is 0 Å². The Hall–Kier alpha value is -1.60. The number of benzene rings is 1. The summed E-state index contributed by atoms with van der Waals surface area (Å²) >= 11 is 0. The highest BCUT2D eigenvalue weighted by atomic mass is 32.2. The maximum Gasteiger partial charge on any atom is 0.317 e. The number of urea groups is 1. The number of nitrogens with one attached hydrogen (secondary N) is 1. The molecule has 1 atom stereocenters. The van der Waals surface area contributed by atoms with Crippen LogP contribution in [0.1, 0.15) is 12.0 Å². The lowest BCUT2D eigenvalue weighted by Crippen LogP contribution is -2.54. The second-order valence-corrected chi connectivity index (χ2v) is 8.45. The SMILES string of the molecule is O=C(NCc1ccccc1)N1CCN(C2CCS(=O)(=O)C2)CC1. The van der Waals surface area contributed by atoms with Crippen LogP contribution in [0.25, 0.3) is 0 Å². The predicted molar refractivity (Wildman–Crippen MR) is 88.9 cm³/mol. The topological polar surface area (TPSA) is 69.7 Å². The van der Waals surface area contributed by atoms with Gasteiger partial charge in [-0.1, -0.05) is 30.3 Å². The Morgan fingerprint density at radius 2 is 1.83 bits per heavy atom. The molecule has 0 bridgehead atoms. The Kier molecular flexibility index (Phi) is 4.87. The fraction of sp³-hybridized carbons (Fsp3) is 0.562. The molecule has 0 radical (unpaired) electrons. The van der Waals surface area contributed by atoms with Crippen molar-refractivity contribution in [3.63, 3.8) is 0 Å². The molecule has 0 spiro atoms. The van der Waals surface area contributed by atoms with Gasteiger partial charge >= 0.3 is 6.03 Å². The lowest BCUT2D eigenvalue weighted by molar-refractivity contribution is 0.115. The van der Waals surface area contributed by atoms with Gasteiger partial charge in [-0.3, -0.25) is 4.90 Å². The predicted octanol–water partition coefficient (Wildman–Crippen LogP) is 0.701. The molecule has 1 unspecified atom stereocenters. The monoisotopic (exact) mass is 337 g/mol. The molecule has 0 aromatic heterocycles. The van der Waals surface area contributed by atoms with Crippen LogP contribution in [0.2, 0.25) is 0 Å². The zero-order valence-electron chi connectivity index (χ0n) is 13.1. The quantitative estimate of drug-likeness (QED) is 0.881. The lowest BCUT2D eigenvalue weighted by Gasteiger charge is -2.37. The summed E-state index contributed by atoms with van der Waals surface area (Å²) in [6.45, 7) is 3.33. The van der Waals surface area contributed by atoms with Crippen LogP contribution in [-0.4, -0.2) is 68.0 Å². The molecule has 23 heavy (non-hydrogen) atoms. The summed E-state index contributed by atoms with van der Waals surface area (Å²) in [5.41, 5.74) is 1.08.